The Bertz CT molecular complexity index is 812. The number of amides is 2. The third-order valence-electron chi connectivity index (χ3n) is 3.44. The molecule has 3 rings (SSSR count). The molecule has 0 saturated heterocycles. The molecule has 3 aromatic rings. The van der Waals surface area contributed by atoms with Crippen molar-refractivity contribution in [2.24, 2.45) is 0 Å². The number of hydrogen-bond donors (Lipinski definition) is 2. The summed E-state index contributed by atoms with van der Waals surface area (Å²) in [7, 11) is 0. The van der Waals surface area contributed by atoms with Crippen molar-refractivity contribution in [2.45, 2.75) is 6.54 Å². The first-order chi connectivity index (χ1) is 10.7. The van der Waals surface area contributed by atoms with Crippen LogP contribution in [0.2, 0.25) is 0 Å². The van der Waals surface area contributed by atoms with Crippen LogP contribution in [0.25, 0.3) is 10.8 Å². The lowest BCUT2D eigenvalue weighted by molar-refractivity contribution is 0.251. The van der Waals surface area contributed by atoms with Gasteiger partial charge in [0, 0.05) is 6.54 Å². The van der Waals surface area contributed by atoms with Crippen LogP contribution in [0.1, 0.15) is 5.56 Å². The van der Waals surface area contributed by atoms with Crippen LogP contribution in [0.5, 0.6) is 0 Å². The Morgan fingerprint density at radius 1 is 0.909 bits per heavy atom. The summed E-state index contributed by atoms with van der Waals surface area (Å²) >= 11 is 0. The van der Waals surface area contributed by atoms with Crippen LogP contribution in [0.4, 0.5) is 14.9 Å². The van der Waals surface area contributed by atoms with Crippen LogP contribution in [0.15, 0.2) is 66.7 Å². The van der Waals surface area contributed by atoms with Crippen molar-refractivity contribution in [3.05, 3.63) is 78.1 Å². The molecule has 0 aromatic heterocycles. The lowest BCUT2D eigenvalue weighted by Crippen LogP contribution is -2.28. The van der Waals surface area contributed by atoms with Crippen molar-refractivity contribution in [1.29, 1.82) is 0 Å². The van der Waals surface area contributed by atoms with E-state index in [2.05, 4.69) is 10.6 Å². The fourth-order valence-corrected chi connectivity index (χ4v) is 2.35. The van der Waals surface area contributed by atoms with E-state index >= 15 is 0 Å². The standard InChI is InChI=1S/C18H15FN2O/c19-16-10-3-4-11-17(16)21-18(22)20-12-14-8-5-7-13-6-1-2-9-15(13)14/h1-11H,12H2,(H2,20,21,22). The summed E-state index contributed by atoms with van der Waals surface area (Å²) < 4.78 is 13.5. The predicted octanol–water partition coefficient (Wildman–Crippen LogP) is 4.30. The molecular formula is C18H15FN2O. The summed E-state index contributed by atoms with van der Waals surface area (Å²) in [6.07, 6.45) is 0. The summed E-state index contributed by atoms with van der Waals surface area (Å²) in [5.74, 6) is -0.456. The molecule has 0 spiro atoms. The quantitative estimate of drug-likeness (QED) is 0.743. The minimum Gasteiger partial charge on any atom is -0.334 e. The van der Waals surface area contributed by atoms with Gasteiger partial charge in [0.1, 0.15) is 5.82 Å². The largest absolute Gasteiger partial charge is 0.334 e. The number of carbonyl (C=O) groups excluding carboxylic acids is 1. The van der Waals surface area contributed by atoms with E-state index in [1.165, 1.54) is 12.1 Å². The van der Waals surface area contributed by atoms with Crippen molar-refractivity contribution in [3.63, 3.8) is 0 Å². The summed E-state index contributed by atoms with van der Waals surface area (Å²) in [6.45, 7) is 0.377. The molecule has 0 unspecified atom stereocenters. The zero-order chi connectivity index (χ0) is 15.4. The summed E-state index contributed by atoms with van der Waals surface area (Å²) in [5, 5.41) is 7.47. The number of fused-ring (bicyclic) bond motifs is 1. The van der Waals surface area contributed by atoms with Crippen LogP contribution in [0.3, 0.4) is 0 Å². The highest BCUT2D eigenvalue weighted by atomic mass is 19.1. The van der Waals surface area contributed by atoms with Crippen molar-refractivity contribution < 1.29 is 9.18 Å². The highest BCUT2D eigenvalue weighted by molar-refractivity contribution is 5.90. The zero-order valence-corrected chi connectivity index (χ0v) is 11.8. The van der Waals surface area contributed by atoms with Crippen LogP contribution < -0.4 is 10.6 Å². The predicted molar refractivity (Wildman–Crippen MR) is 86.2 cm³/mol. The van der Waals surface area contributed by atoms with E-state index in [0.717, 1.165) is 16.3 Å². The van der Waals surface area contributed by atoms with Gasteiger partial charge in [-0.2, -0.15) is 0 Å². The number of hydrogen-bond acceptors (Lipinski definition) is 1. The Labute approximate surface area is 127 Å². The molecule has 110 valence electrons. The smallest absolute Gasteiger partial charge is 0.319 e. The maximum absolute atomic E-state index is 13.5. The molecular weight excluding hydrogens is 279 g/mol. The van der Waals surface area contributed by atoms with Crippen molar-refractivity contribution in [1.82, 2.24) is 5.32 Å². The number of anilines is 1. The molecule has 0 aliphatic carbocycles. The molecule has 0 bridgehead atoms. The van der Waals surface area contributed by atoms with E-state index in [0.29, 0.717) is 6.54 Å². The third-order valence-corrected chi connectivity index (χ3v) is 3.44. The Kier molecular flexibility index (Phi) is 4.01. The number of benzene rings is 3. The second kappa shape index (κ2) is 6.26. The van der Waals surface area contributed by atoms with Crippen LogP contribution in [-0.2, 0) is 6.54 Å². The van der Waals surface area contributed by atoms with Crippen LogP contribution in [-0.4, -0.2) is 6.03 Å². The first kappa shape index (κ1) is 14.1. The van der Waals surface area contributed by atoms with Gasteiger partial charge in [0.25, 0.3) is 0 Å². The van der Waals surface area contributed by atoms with E-state index < -0.39 is 11.8 Å². The molecule has 0 radical (unpaired) electrons. The van der Waals surface area contributed by atoms with E-state index in [9.17, 15) is 9.18 Å². The Morgan fingerprint density at radius 3 is 2.50 bits per heavy atom. The molecule has 0 aliphatic heterocycles. The molecule has 0 saturated carbocycles. The second-order valence-electron chi connectivity index (χ2n) is 4.93. The van der Waals surface area contributed by atoms with E-state index in [4.69, 9.17) is 0 Å². The molecule has 0 heterocycles. The van der Waals surface area contributed by atoms with Crippen molar-refractivity contribution in [2.75, 3.05) is 5.32 Å². The molecule has 2 N–H and O–H groups in total. The van der Waals surface area contributed by atoms with Crippen molar-refractivity contribution in [3.8, 4) is 0 Å². The van der Waals surface area contributed by atoms with Gasteiger partial charge in [-0.15, -0.1) is 0 Å². The topological polar surface area (TPSA) is 41.1 Å². The third kappa shape index (κ3) is 3.06. The minimum atomic E-state index is -0.456. The lowest BCUT2D eigenvalue weighted by atomic mass is 10.0. The normalized spacial score (nSPS) is 10.4. The van der Waals surface area contributed by atoms with Gasteiger partial charge in [-0.25, -0.2) is 9.18 Å². The number of nitrogens with one attached hydrogen (secondary N) is 2. The summed E-state index contributed by atoms with van der Waals surface area (Å²) in [6, 6.07) is 19.6. The zero-order valence-electron chi connectivity index (χ0n) is 11.8. The second-order valence-corrected chi connectivity index (χ2v) is 4.93. The minimum absolute atomic E-state index is 0.165. The molecule has 2 amide bonds. The maximum Gasteiger partial charge on any atom is 0.319 e. The monoisotopic (exact) mass is 294 g/mol. The van der Waals surface area contributed by atoms with Gasteiger partial charge in [0.2, 0.25) is 0 Å². The maximum atomic E-state index is 13.5. The number of rotatable bonds is 3. The Hall–Kier alpha value is -2.88. The van der Waals surface area contributed by atoms with E-state index in [1.807, 2.05) is 42.5 Å². The number of urea groups is 1. The van der Waals surface area contributed by atoms with Crippen LogP contribution in [0, 0.1) is 5.82 Å². The Morgan fingerprint density at radius 2 is 1.64 bits per heavy atom. The Balaban J connectivity index is 1.69. The number of carbonyl (C=O) groups is 1. The average molecular weight is 294 g/mol. The fourth-order valence-electron chi connectivity index (χ4n) is 2.35. The molecule has 0 aliphatic rings. The van der Waals surface area contributed by atoms with Gasteiger partial charge in [-0.1, -0.05) is 54.6 Å². The van der Waals surface area contributed by atoms with E-state index in [1.54, 1.807) is 12.1 Å². The van der Waals surface area contributed by atoms with Gasteiger partial charge < -0.3 is 10.6 Å². The van der Waals surface area contributed by atoms with Gasteiger partial charge in [0.05, 0.1) is 5.69 Å². The van der Waals surface area contributed by atoms with Crippen LogP contribution >= 0.6 is 0 Å². The average Bonchev–Trinajstić information content (AvgIpc) is 2.55. The highest BCUT2D eigenvalue weighted by Crippen LogP contribution is 2.18. The van der Waals surface area contributed by atoms with Crippen molar-refractivity contribution >= 4 is 22.5 Å². The fraction of sp³-hybridized carbons (Fsp3) is 0.0556. The molecule has 0 fully saturated rings. The molecule has 3 aromatic carbocycles. The molecule has 3 nitrogen and oxygen atoms in total. The van der Waals surface area contributed by atoms with E-state index in [-0.39, 0.29) is 5.69 Å². The highest BCUT2D eigenvalue weighted by Gasteiger charge is 2.06. The lowest BCUT2D eigenvalue weighted by Gasteiger charge is -2.10. The first-order valence-electron chi connectivity index (χ1n) is 7.00. The molecule has 22 heavy (non-hydrogen) atoms. The van der Waals surface area contributed by atoms with Gasteiger partial charge in [-0.05, 0) is 28.5 Å². The van der Waals surface area contributed by atoms with Gasteiger partial charge >= 0.3 is 6.03 Å². The molecule has 4 heteroatoms. The van der Waals surface area contributed by atoms with Gasteiger partial charge in [0.15, 0.2) is 0 Å². The number of para-hydroxylation sites is 1. The molecule has 0 atom stereocenters. The SMILES string of the molecule is O=C(NCc1cccc2ccccc12)Nc1ccccc1F. The summed E-state index contributed by atoms with van der Waals surface area (Å²) in [4.78, 5) is 11.9. The first-order valence-corrected chi connectivity index (χ1v) is 7.00. The van der Waals surface area contributed by atoms with Gasteiger partial charge in [-0.3, -0.25) is 0 Å². The number of halogens is 1. The summed E-state index contributed by atoms with van der Waals surface area (Å²) in [5.41, 5.74) is 1.18.